The van der Waals surface area contributed by atoms with Crippen LogP contribution < -0.4 is 19.5 Å². The lowest BCUT2D eigenvalue weighted by molar-refractivity contribution is -0.116. The zero-order valence-electron chi connectivity index (χ0n) is 13.7. The van der Waals surface area contributed by atoms with Crippen molar-refractivity contribution >= 4 is 27.5 Å². The molecule has 0 fully saturated rings. The van der Waals surface area contributed by atoms with Gasteiger partial charge in [0.1, 0.15) is 0 Å². The molecule has 0 aromatic heterocycles. The monoisotopic (exact) mass is 391 g/mol. The van der Waals surface area contributed by atoms with E-state index >= 15 is 0 Å². The van der Waals surface area contributed by atoms with Crippen molar-refractivity contribution < 1.29 is 19.0 Å². The average Bonchev–Trinajstić information content (AvgIpc) is 2.59. The third kappa shape index (κ3) is 2.71. The second kappa shape index (κ2) is 6.73. The lowest BCUT2D eigenvalue weighted by Crippen LogP contribution is -2.24. The summed E-state index contributed by atoms with van der Waals surface area (Å²) in [5, 5.41) is 2.91. The minimum atomic E-state index is -0.140. The molecule has 0 saturated carbocycles. The molecule has 0 saturated heterocycles. The lowest BCUT2D eigenvalue weighted by Gasteiger charge is -2.30. The topological polar surface area (TPSA) is 56.8 Å². The van der Waals surface area contributed by atoms with Crippen molar-refractivity contribution in [1.82, 2.24) is 0 Å². The standard InChI is InChI=1S/C18H18BrNO4/c1-22-14-9-13-16(18(24-3)17(14)23-2)11(8-15(21)20-13)10-6-4-5-7-12(10)19/h4-7,9,11H,8H2,1-3H3,(H,20,21)/t11-/m1/s1. The summed E-state index contributed by atoms with van der Waals surface area (Å²) in [5.41, 5.74) is 2.60. The second-order valence-corrected chi connectivity index (χ2v) is 6.29. The number of amides is 1. The van der Waals surface area contributed by atoms with E-state index in [4.69, 9.17) is 14.2 Å². The number of halogens is 1. The van der Waals surface area contributed by atoms with Crippen molar-refractivity contribution in [2.45, 2.75) is 12.3 Å². The van der Waals surface area contributed by atoms with Crippen molar-refractivity contribution in [2.75, 3.05) is 26.6 Å². The van der Waals surface area contributed by atoms with Crippen LogP contribution in [0.1, 0.15) is 23.5 Å². The second-order valence-electron chi connectivity index (χ2n) is 5.43. The molecule has 1 heterocycles. The quantitative estimate of drug-likeness (QED) is 0.856. The third-order valence-electron chi connectivity index (χ3n) is 4.16. The maximum Gasteiger partial charge on any atom is 0.225 e. The summed E-state index contributed by atoms with van der Waals surface area (Å²) in [7, 11) is 4.71. The maximum absolute atomic E-state index is 12.2. The van der Waals surface area contributed by atoms with Gasteiger partial charge >= 0.3 is 0 Å². The first-order valence-corrected chi connectivity index (χ1v) is 8.27. The number of carbonyl (C=O) groups excluding carboxylic acids is 1. The number of fused-ring (bicyclic) bond motifs is 1. The molecule has 0 spiro atoms. The predicted octanol–water partition coefficient (Wildman–Crippen LogP) is 3.95. The first kappa shape index (κ1) is 16.6. The van der Waals surface area contributed by atoms with Crippen molar-refractivity contribution in [3.63, 3.8) is 0 Å². The SMILES string of the molecule is COc1cc2c(c(OC)c1OC)[C@@H](c1ccccc1Br)CC(=O)N2. The summed E-state index contributed by atoms with van der Waals surface area (Å²) >= 11 is 3.59. The lowest BCUT2D eigenvalue weighted by atomic mass is 9.84. The molecule has 24 heavy (non-hydrogen) atoms. The van der Waals surface area contributed by atoms with Gasteiger partial charge in [-0.3, -0.25) is 4.79 Å². The van der Waals surface area contributed by atoms with Crippen LogP contribution in [0.4, 0.5) is 5.69 Å². The fourth-order valence-corrected chi connectivity index (χ4v) is 3.70. The van der Waals surface area contributed by atoms with Crippen LogP contribution in [0.25, 0.3) is 0 Å². The van der Waals surface area contributed by atoms with Crippen LogP contribution in [-0.2, 0) is 4.79 Å². The highest BCUT2D eigenvalue weighted by molar-refractivity contribution is 9.10. The van der Waals surface area contributed by atoms with E-state index in [0.717, 1.165) is 15.6 Å². The van der Waals surface area contributed by atoms with Gasteiger partial charge in [-0.25, -0.2) is 0 Å². The summed E-state index contributed by atoms with van der Waals surface area (Å²) in [5.74, 6) is 1.43. The van der Waals surface area contributed by atoms with Gasteiger partial charge < -0.3 is 19.5 Å². The fraction of sp³-hybridized carbons (Fsp3) is 0.278. The Labute approximate surface area is 149 Å². The molecule has 2 aromatic carbocycles. The van der Waals surface area contributed by atoms with Crippen molar-refractivity contribution in [3.8, 4) is 17.2 Å². The molecule has 0 radical (unpaired) electrons. The summed E-state index contributed by atoms with van der Waals surface area (Å²) in [4.78, 5) is 12.2. The summed E-state index contributed by atoms with van der Waals surface area (Å²) in [6.07, 6.45) is 0.335. The fourth-order valence-electron chi connectivity index (χ4n) is 3.14. The third-order valence-corrected chi connectivity index (χ3v) is 4.88. The van der Waals surface area contributed by atoms with Crippen LogP contribution in [0.15, 0.2) is 34.8 Å². The normalized spacial score (nSPS) is 16.2. The molecule has 126 valence electrons. The van der Waals surface area contributed by atoms with Crippen LogP contribution in [0.2, 0.25) is 0 Å². The molecule has 5 nitrogen and oxygen atoms in total. The number of benzene rings is 2. The molecular formula is C18H18BrNO4. The Balaban J connectivity index is 2.28. The van der Waals surface area contributed by atoms with Gasteiger partial charge in [-0.2, -0.15) is 0 Å². The number of carbonyl (C=O) groups is 1. The average molecular weight is 392 g/mol. The van der Waals surface area contributed by atoms with Crippen LogP contribution in [0, 0.1) is 0 Å². The molecule has 0 unspecified atom stereocenters. The van der Waals surface area contributed by atoms with E-state index in [1.807, 2.05) is 24.3 Å². The van der Waals surface area contributed by atoms with Gasteiger partial charge in [0.05, 0.1) is 27.0 Å². The molecule has 3 rings (SSSR count). The van der Waals surface area contributed by atoms with Gasteiger partial charge in [-0.1, -0.05) is 34.1 Å². The molecule has 1 N–H and O–H groups in total. The van der Waals surface area contributed by atoms with Crippen LogP contribution in [0.3, 0.4) is 0 Å². The minimum Gasteiger partial charge on any atom is -0.493 e. The van der Waals surface area contributed by atoms with Gasteiger partial charge in [0.15, 0.2) is 11.5 Å². The molecule has 0 aliphatic carbocycles. The summed E-state index contributed by atoms with van der Waals surface area (Å²) in [6, 6.07) is 9.66. The zero-order valence-corrected chi connectivity index (χ0v) is 15.3. The number of hydrogen-bond donors (Lipinski definition) is 1. The molecule has 2 aromatic rings. The summed E-state index contributed by atoms with van der Waals surface area (Å²) < 4.78 is 17.5. The number of hydrogen-bond acceptors (Lipinski definition) is 4. The molecule has 1 amide bonds. The van der Waals surface area contributed by atoms with E-state index in [-0.39, 0.29) is 11.8 Å². The Morgan fingerprint density at radius 3 is 2.42 bits per heavy atom. The first-order chi connectivity index (χ1) is 11.6. The van der Waals surface area contributed by atoms with E-state index in [1.54, 1.807) is 27.4 Å². The highest BCUT2D eigenvalue weighted by Crippen LogP contribution is 2.51. The van der Waals surface area contributed by atoms with Gasteiger partial charge in [0, 0.05) is 28.4 Å². The first-order valence-electron chi connectivity index (χ1n) is 7.47. The highest BCUT2D eigenvalue weighted by atomic mass is 79.9. The maximum atomic E-state index is 12.2. The Hall–Kier alpha value is -2.21. The van der Waals surface area contributed by atoms with Gasteiger partial charge in [-0.15, -0.1) is 0 Å². The molecule has 0 bridgehead atoms. The zero-order chi connectivity index (χ0) is 17.3. The van der Waals surface area contributed by atoms with Gasteiger partial charge in [0.2, 0.25) is 11.7 Å². The molecule has 1 aliphatic heterocycles. The van der Waals surface area contributed by atoms with E-state index < -0.39 is 0 Å². The minimum absolute atomic E-state index is 0.0440. The van der Waals surface area contributed by atoms with Crippen LogP contribution in [0.5, 0.6) is 17.2 Å². The van der Waals surface area contributed by atoms with Crippen molar-refractivity contribution in [3.05, 3.63) is 45.9 Å². The van der Waals surface area contributed by atoms with E-state index in [0.29, 0.717) is 29.4 Å². The smallest absolute Gasteiger partial charge is 0.225 e. The number of ether oxygens (including phenoxy) is 3. The van der Waals surface area contributed by atoms with Crippen molar-refractivity contribution in [2.24, 2.45) is 0 Å². The van der Waals surface area contributed by atoms with E-state index in [9.17, 15) is 4.79 Å². The summed E-state index contributed by atoms with van der Waals surface area (Å²) in [6.45, 7) is 0. The van der Waals surface area contributed by atoms with Crippen LogP contribution in [-0.4, -0.2) is 27.2 Å². The predicted molar refractivity (Wildman–Crippen MR) is 95.3 cm³/mol. The molecule has 1 aliphatic rings. The largest absolute Gasteiger partial charge is 0.493 e. The van der Waals surface area contributed by atoms with E-state index in [2.05, 4.69) is 21.2 Å². The molecule has 6 heteroatoms. The van der Waals surface area contributed by atoms with Gasteiger partial charge in [-0.05, 0) is 11.6 Å². The Morgan fingerprint density at radius 1 is 1.08 bits per heavy atom. The Morgan fingerprint density at radius 2 is 1.79 bits per heavy atom. The molecule has 1 atom stereocenters. The van der Waals surface area contributed by atoms with E-state index in [1.165, 1.54) is 0 Å². The van der Waals surface area contributed by atoms with Crippen molar-refractivity contribution in [1.29, 1.82) is 0 Å². The highest BCUT2D eigenvalue weighted by Gasteiger charge is 2.34. The Kier molecular flexibility index (Phi) is 4.66. The number of methoxy groups -OCH3 is 3. The number of rotatable bonds is 4. The van der Waals surface area contributed by atoms with Crippen LogP contribution >= 0.6 is 15.9 Å². The number of nitrogens with one attached hydrogen (secondary N) is 1. The Bertz CT molecular complexity index is 791. The molecular weight excluding hydrogens is 374 g/mol. The van der Waals surface area contributed by atoms with Gasteiger partial charge in [0.25, 0.3) is 0 Å². The number of anilines is 1.